The number of nitrogens with zero attached hydrogens (tertiary/aromatic N) is 1. The molecule has 0 aromatic heterocycles. The zero-order valence-corrected chi connectivity index (χ0v) is 13.1. The molecule has 1 rings (SSSR count). The van der Waals surface area contributed by atoms with E-state index in [9.17, 15) is 35.9 Å². The van der Waals surface area contributed by atoms with E-state index in [2.05, 4.69) is 0 Å². The van der Waals surface area contributed by atoms with Crippen molar-refractivity contribution in [2.75, 3.05) is 0 Å². The summed E-state index contributed by atoms with van der Waals surface area (Å²) in [6, 6.07) is 0.237. The topological polar surface area (TPSA) is 90.2 Å². The van der Waals surface area contributed by atoms with Crippen LogP contribution in [0.5, 0.6) is 0 Å². The second kappa shape index (κ2) is 7.63. The van der Waals surface area contributed by atoms with Gasteiger partial charge in [-0.3, -0.25) is 4.79 Å². The normalized spacial score (nSPS) is 14.2. The van der Waals surface area contributed by atoms with E-state index in [1.807, 2.05) is 5.32 Å². The number of nitrogens with one attached hydrogen (secondary N) is 1. The maximum atomic E-state index is 12.8. The van der Waals surface area contributed by atoms with Gasteiger partial charge < -0.3 is 10.4 Å². The van der Waals surface area contributed by atoms with Crippen molar-refractivity contribution in [1.29, 1.82) is 5.26 Å². The molecule has 0 bridgehead atoms. The van der Waals surface area contributed by atoms with Crippen LogP contribution in [-0.2, 0) is 17.1 Å². The predicted molar refractivity (Wildman–Crippen MR) is 74.7 cm³/mol. The number of nitriles is 1. The molecule has 11 heteroatoms. The summed E-state index contributed by atoms with van der Waals surface area (Å²) in [6.07, 6.45) is -10.6. The van der Waals surface area contributed by atoms with Gasteiger partial charge in [-0.25, -0.2) is 4.79 Å². The average molecular weight is 382 g/mol. The Balaban J connectivity index is 3.30. The first-order chi connectivity index (χ1) is 11.8. The number of aliphatic carboxylic acids is 1. The predicted octanol–water partition coefficient (Wildman–Crippen LogP) is 3.46. The van der Waals surface area contributed by atoms with Crippen LogP contribution in [0, 0.1) is 17.2 Å². The van der Waals surface area contributed by atoms with Crippen molar-refractivity contribution in [3.8, 4) is 6.07 Å². The highest BCUT2D eigenvalue weighted by Gasteiger charge is 2.38. The first kappa shape index (κ1) is 21.3. The van der Waals surface area contributed by atoms with Crippen LogP contribution >= 0.6 is 0 Å². The summed E-state index contributed by atoms with van der Waals surface area (Å²) in [5.74, 6) is -3.93. The number of halogens is 6. The molecule has 0 spiro atoms. The summed E-state index contributed by atoms with van der Waals surface area (Å²) in [5, 5.41) is 19.5. The molecule has 1 aromatic carbocycles. The SMILES string of the molecule is C[C@@H](CC#N)[C@@H](NC(=O)c1cc(C(F)(F)F)cc(C(F)(F)F)c1)C(=O)O. The molecule has 1 amide bonds. The minimum atomic E-state index is -5.14. The molecule has 0 aliphatic heterocycles. The van der Waals surface area contributed by atoms with Gasteiger partial charge in [-0.1, -0.05) is 6.92 Å². The number of carbonyl (C=O) groups is 2. The Kier molecular flexibility index (Phi) is 6.25. The number of benzene rings is 1. The van der Waals surface area contributed by atoms with Crippen molar-refractivity contribution in [3.05, 3.63) is 34.9 Å². The smallest absolute Gasteiger partial charge is 0.416 e. The Bertz CT molecular complexity index is 704. The maximum absolute atomic E-state index is 12.8. The summed E-state index contributed by atoms with van der Waals surface area (Å²) in [6.45, 7) is 1.29. The van der Waals surface area contributed by atoms with Gasteiger partial charge in [0.25, 0.3) is 5.91 Å². The average Bonchev–Trinajstić information content (AvgIpc) is 2.50. The fraction of sp³-hybridized carbons (Fsp3) is 0.400. The van der Waals surface area contributed by atoms with Gasteiger partial charge in [-0.05, 0) is 18.2 Å². The molecule has 0 aliphatic carbocycles. The zero-order chi connectivity index (χ0) is 20.3. The Labute approximate surface area is 143 Å². The third-order valence-electron chi connectivity index (χ3n) is 3.38. The first-order valence-corrected chi connectivity index (χ1v) is 6.97. The number of carboxylic acids is 1. The molecule has 0 unspecified atom stereocenters. The number of carboxylic acid groups (broad SMARTS) is 1. The molecule has 0 saturated heterocycles. The molecule has 0 fully saturated rings. The van der Waals surface area contributed by atoms with Gasteiger partial charge in [0.2, 0.25) is 0 Å². The molecule has 0 heterocycles. The van der Waals surface area contributed by atoms with Crippen molar-refractivity contribution in [2.24, 2.45) is 5.92 Å². The molecule has 5 nitrogen and oxygen atoms in total. The van der Waals surface area contributed by atoms with Gasteiger partial charge in [0.1, 0.15) is 6.04 Å². The Hall–Kier alpha value is -2.77. The monoisotopic (exact) mass is 382 g/mol. The van der Waals surface area contributed by atoms with E-state index in [1.54, 1.807) is 6.07 Å². The molecule has 0 saturated carbocycles. The van der Waals surface area contributed by atoms with Crippen LogP contribution < -0.4 is 5.32 Å². The summed E-state index contributed by atoms with van der Waals surface area (Å²) in [5.41, 5.74) is -4.40. The fourth-order valence-corrected chi connectivity index (χ4v) is 2.02. The third kappa shape index (κ3) is 5.37. The van der Waals surface area contributed by atoms with E-state index in [-0.39, 0.29) is 24.6 Å². The zero-order valence-electron chi connectivity index (χ0n) is 13.1. The van der Waals surface area contributed by atoms with E-state index in [0.29, 0.717) is 0 Å². The molecule has 26 heavy (non-hydrogen) atoms. The van der Waals surface area contributed by atoms with Gasteiger partial charge in [-0.2, -0.15) is 31.6 Å². The van der Waals surface area contributed by atoms with Crippen molar-refractivity contribution < 1.29 is 41.0 Å². The Morgan fingerprint density at radius 2 is 1.58 bits per heavy atom. The van der Waals surface area contributed by atoms with Crippen LogP contribution in [0.2, 0.25) is 0 Å². The van der Waals surface area contributed by atoms with Crippen LogP contribution in [-0.4, -0.2) is 23.0 Å². The molecule has 0 radical (unpaired) electrons. The van der Waals surface area contributed by atoms with E-state index in [1.165, 1.54) is 6.92 Å². The van der Waals surface area contributed by atoms with Gasteiger partial charge in [0, 0.05) is 17.9 Å². The second-order valence-corrected chi connectivity index (χ2v) is 5.42. The first-order valence-electron chi connectivity index (χ1n) is 6.97. The van der Waals surface area contributed by atoms with Crippen molar-refractivity contribution in [3.63, 3.8) is 0 Å². The number of alkyl halides is 6. The van der Waals surface area contributed by atoms with E-state index < -0.39 is 52.9 Å². The minimum absolute atomic E-state index is 0.149. The van der Waals surface area contributed by atoms with E-state index >= 15 is 0 Å². The van der Waals surface area contributed by atoms with Crippen molar-refractivity contribution in [1.82, 2.24) is 5.32 Å². The van der Waals surface area contributed by atoms with E-state index in [4.69, 9.17) is 10.4 Å². The quantitative estimate of drug-likeness (QED) is 0.764. The number of amides is 1. The van der Waals surface area contributed by atoms with Gasteiger partial charge in [0.05, 0.1) is 17.2 Å². The minimum Gasteiger partial charge on any atom is -0.480 e. The highest BCUT2D eigenvalue weighted by atomic mass is 19.4. The fourth-order valence-electron chi connectivity index (χ4n) is 2.02. The van der Waals surface area contributed by atoms with Crippen molar-refractivity contribution in [2.45, 2.75) is 31.7 Å². The van der Waals surface area contributed by atoms with Gasteiger partial charge >= 0.3 is 18.3 Å². The molecule has 1 aromatic rings. The lowest BCUT2D eigenvalue weighted by atomic mass is 9.98. The van der Waals surface area contributed by atoms with Gasteiger partial charge in [-0.15, -0.1) is 0 Å². The van der Waals surface area contributed by atoms with E-state index in [0.717, 1.165) is 0 Å². The lowest BCUT2D eigenvalue weighted by molar-refractivity contribution is -0.143. The molecule has 2 atom stereocenters. The molecular weight excluding hydrogens is 370 g/mol. The van der Waals surface area contributed by atoms with Crippen LogP contribution in [0.3, 0.4) is 0 Å². The highest BCUT2D eigenvalue weighted by Crippen LogP contribution is 2.36. The Morgan fingerprint density at radius 3 is 1.92 bits per heavy atom. The summed E-state index contributed by atoms with van der Waals surface area (Å²) < 4.78 is 76.7. The number of carbonyl (C=O) groups excluding carboxylic acids is 1. The lowest BCUT2D eigenvalue weighted by Gasteiger charge is -2.20. The summed E-state index contributed by atoms with van der Waals surface area (Å²) in [4.78, 5) is 23.2. The Morgan fingerprint density at radius 1 is 1.12 bits per heavy atom. The van der Waals surface area contributed by atoms with Crippen LogP contribution in [0.4, 0.5) is 26.3 Å². The third-order valence-corrected chi connectivity index (χ3v) is 3.38. The maximum Gasteiger partial charge on any atom is 0.416 e. The van der Waals surface area contributed by atoms with Gasteiger partial charge in [0.15, 0.2) is 0 Å². The molecule has 0 aliphatic rings. The lowest BCUT2D eigenvalue weighted by Crippen LogP contribution is -2.45. The standard InChI is InChI=1S/C15H12F6N2O3/c1-7(2-3-22)11(13(25)26)23-12(24)8-4-9(14(16,17)18)6-10(5-8)15(19,20)21/h4-7,11H,2H2,1H3,(H,23,24)(H,25,26)/t7-,11+/m0/s1. The van der Waals surface area contributed by atoms with Crippen molar-refractivity contribution >= 4 is 11.9 Å². The van der Waals surface area contributed by atoms with Crippen LogP contribution in [0.25, 0.3) is 0 Å². The number of rotatable bonds is 5. The second-order valence-electron chi connectivity index (χ2n) is 5.42. The molecule has 2 N–H and O–H groups in total. The molecular formula is C15H12F6N2O3. The van der Waals surface area contributed by atoms with Crippen LogP contribution in [0.1, 0.15) is 34.8 Å². The molecule has 142 valence electrons. The largest absolute Gasteiger partial charge is 0.480 e. The highest BCUT2D eigenvalue weighted by molar-refractivity contribution is 5.97. The number of hydrogen-bond donors (Lipinski definition) is 2. The summed E-state index contributed by atoms with van der Waals surface area (Å²) in [7, 11) is 0. The number of hydrogen-bond acceptors (Lipinski definition) is 3. The summed E-state index contributed by atoms with van der Waals surface area (Å²) >= 11 is 0. The van der Waals surface area contributed by atoms with Crippen LogP contribution in [0.15, 0.2) is 18.2 Å².